The molecule has 0 amide bonds. The molecular weight excluding hydrogens is 320 g/mol. The average Bonchev–Trinajstić information content (AvgIpc) is 3.28. The zero-order valence-electron chi connectivity index (χ0n) is 11.1. The van der Waals surface area contributed by atoms with Gasteiger partial charge in [-0.15, -0.1) is 21.5 Å². The van der Waals surface area contributed by atoms with Crippen LogP contribution < -0.4 is 9.47 Å². The molecule has 0 N–H and O–H groups in total. The Morgan fingerprint density at radius 3 is 2.95 bits per heavy atom. The number of nitrogens with zero attached hydrogens (tertiary/aromatic N) is 4. The molecule has 0 atom stereocenters. The van der Waals surface area contributed by atoms with Crippen molar-refractivity contribution in [1.82, 2.24) is 19.8 Å². The molecule has 5 rings (SSSR count). The molecular formula is C14H8N4O2S2. The Morgan fingerprint density at radius 1 is 1.09 bits per heavy atom. The maximum Gasteiger partial charge on any atom is 0.235 e. The number of aromatic nitrogens is 4. The van der Waals surface area contributed by atoms with Gasteiger partial charge in [0.25, 0.3) is 0 Å². The number of hydrogen-bond acceptors (Lipinski definition) is 7. The predicted molar refractivity (Wildman–Crippen MR) is 83.5 cm³/mol. The van der Waals surface area contributed by atoms with Crippen molar-refractivity contribution in [3.05, 3.63) is 35.7 Å². The lowest BCUT2D eigenvalue weighted by molar-refractivity contribution is 0.174. The Labute approximate surface area is 132 Å². The van der Waals surface area contributed by atoms with E-state index in [-0.39, 0.29) is 6.79 Å². The molecule has 1 aliphatic rings. The Morgan fingerprint density at radius 2 is 2.05 bits per heavy atom. The van der Waals surface area contributed by atoms with Crippen molar-refractivity contribution in [2.75, 3.05) is 6.79 Å². The van der Waals surface area contributed by atoms with E-state index in [0.29, 0.717) is 5.82 Å². The predicted octanol–water partition coefficient (Wildman–Crippen LogP) is 3.31. The summed E-state index contributed by atoms with van der Waals surface area (Å²) in [6.07, 6.45) is 0. The molecule has 4 heterocycles. The molecule has 0 fully saturated rings. The summed E-state index contributed by atoms with van der Waals surface area (Å²) >= 11 is 3.19. The highest BCUT2D eigenvalue weighted by Gasteiger charge is 2.18. The molecule has 3 aromatic heterocycles. The van der Waals surface area contributed by atoms with Crippen LogP contribution in [0.3, 0.4) is 0 Å². The molecule has 108 valence electrons. The molecule has 6 nitrogen and oxygen atoms in total. The number of rotatable bonds is 2. The van der Waals surface area contributed by atoms with E-state index < -0.39 is 0 Å². The number of ether oxygens (including phenoxy) is 2. The quantitative estimate of drug-likeness (QED) is 0.565. The van der Waals surface area contributed by atoms with Gasteiger partial charge in [0.15, 0.2) is 22.3 Å². The van der Waals surface area contributed by atoms with Gasteiger partial charge in [-0.3, -0.25) is 0 Å². The number of hydrogen-bond donors (Lipinski definition) is 0. The number of benzene rings is 1. The van der Waals surface area contributed by atoms with Crippen LogP contribution in [0.1, 0.15) is 0 Å². The second kappa shape index (κ2) is 4.52. The van der Waals surface area contributed by atoms with Gasteiger partial charge in [0.05, 0.1) is 4.88 Å². The van der Waals surface area contributed by atoms with E-state index in [0.717, 1.165) is 31.9 Å². The minimum absolute atomic E-state index is 0.257. The third kappa shape index (κ3) is 1.74. The van der Waals surface area contributed by atoms with Crippen LogP contribution in [-0.2, 0) is 0 Å². The molecule has 8 heteroatoms. The standard InChI is InChI=1S/C14H8N4O2S2/c1-2-11(21-5-1)13-17-18-12(15-16-14(18)22-13)8-3-4-9-10(6-8)20-7-19-9/h1-6H,7H2. The van der Waals surface area contributed by atoms with E-state index in [1.165, 1.54) is 11.3 Å². The molecule has 0 aliphatic carbocycles. The summed E-state index contributed by atoms with van der Waals surface area (Å²) in [5, 5.41) is 16.1. The minimum atomic E-state index is 0.257. The van der Waals surface area contributed by atoms with Crippen molar-refractivity contribution in [1.29, 1.82) is 0 Å². The first-order valence-electron chi connectivity index (χ1n) is 6.55. The Bertz CT molecular complexity index is 974. The first-order chi connectivity index (χ1) is 10.9. The highest BCUT2D eigenvalue weighted by Crippen LogP contribution is 2.36. The summed E-state index contributed by atoms with van der Waals surface area (Å²) in [5.41, 5.74) is 0.903. The van der Waals surface area contributed by atoms with E-state index in [2.05, 4.69) is 21.4 Å². The molecule has 0 spiro atoms. The molecule has 0 radical (unpaired) electrons. The topological polar surface area (TPSA) is 61.5 Å². The van der Waals surface area contributed by atoms with Crippen molar-refractivity contribution in [3.8, 4) is 32.8 Å². The molecule has 22 heavy (non-hydrogen) atoms. The summed E-state index contributed by atoms with van der Waals surface area (Å²) in [5.74, 6) is 2.18. The molecule has 0 saturated heterocycles. The third-order valence-corrected chi connectivity index (χ3v) is 5.29. The van der Waals surface area contributed by atoms with Gasteiger partial charge in [-0.05, 0) is 29.6 Å². The summed E-state index contributed by atoms with van der Waals surface area (Å²) in [6, 6.07) is 9.79. The van der Waals surface area contributed by atoms with Gasteiger partial charge >= 0.3 is 0 Å². The van der Waals surface area contributed by atoms with Crippen LogP contribution >= 0.6 is 22.7 Å². The molecule has 1 aromatic carbocycles. The van der Waals surface area contributed by atoms with Gasteiger partial charge in [0.1, 0.15) is 0 Å². The van der Waals surface area contributed by atoms with Gasteiger partial charge < -0.3 is 9.47 Å². The lowest BCUT2D eigenvalue weighted by Crippen LogP contribution is -1.93. The number of fused-ring (bicyclic) bond motifs is 2. The molecule has 1 aliphatic heterocycles. The summed E-state index contributed by atoms with van der Waals surface area (Å²) in [4.78, 5) is 1.91. The van der Waals surface area contributed by atoms with E-state index in [1.807, 2.05) is 29.6 Å². The largest absolute Gasteiger partial charge is 0.454 e. The Balaban J connectivity index is 1.65. The fourth-order valence-corrected chi connectivity index (χ4v) is 3.96. The smallest absolute Gasteiger partial charge is 0.235 e. The molecule has 4 aromatic rings. The van der Waals surface area contributed by atoms with Crippen molar-refractivity contribution in [2.45, 2.75) is 0 Å². The first-order valence-corrected chi connectivity index (χ1v) is 8.24. The first kappa shape index (κ1) is 12.1. The van der Waals surface area contributed by atoms with Crippen LogP contribution in [0.2, 0.25) is 0 Å². The van der Waals surface area contributed by atoms with E-state index >= 15 is 0 Å². The van der Waals surface area contributed by atoms with E-state index in [9.17, 15) is 0 Å². The van der Waals surface area contributed by atoms with Crippen LogP contribution in [0.5, 0.6) is 11.5 Å². The fraction of sp³-hybridized carbons (Fsp3) is 0.0714. The summed E-state index contributed by atoms with van der Waals surface area (Å²) in [7, 11) is 0. The van der Waals surface area contributed by atoms with Crippen LogP contribution in [0, 0.1) is 0 Å². The lowest BCUT2D eigenvalue weighted by Gasteiger charge is -1.99. The maximum atomic E-state index is 5.42. The van der Waals surface area contributed by atoms with Crippen molar-refractivity contribution in [2.24, 2.45) is 0 Å². The molecule has 0 bridgehead atoms. The average molecular weight is 328 g/mol. The zero-order valence-corrected chi connectivity index (χ0v) is 12.7. The second-order valence-electron chi connectivity index (χ2n) is 4.67. The van der Waals surface area contributed by atoms with Gasteiger partial charge in [0.2, 0.25) is 11.8 Å². The molecule has 0 saturated carbocycles. The van der Waals surface area contributed by atoms with Crippen molar-refractivity contribution >= 4 is 27.6 Å². The Kier molecular flexibility index (Phi) is 2.49. The molecule has 0 unspecified atom stereocenters. The van der Waals surface area contributed by atoms with Gasteiger partial charge in [-0.2, -0.15) is 9.61 Å². The Hall–Kier alpha value is -2.45. The highest BCUT2D eigenvalue weighted by molar-refractivity contribution is 7.23. The van der Waals surface area contributed by atoms with E-state index in [4.69, 9.17) is 9.47 Å². The van der Waals surface area contributed by atoms with Gasteiger partial charge in [-0.1, -0.05) is 17.4 Å². The van der Waals surface area contributed by atoms with E-state index in [1.54, 1.807) is 15.9 Å². The summed E-state index contributed by atoms with van der Waals surface area (Å²) in [6.45, 7) is 0.257. The second-order valence-corrected chi connectivity index (χ2v) is 6.57. The lowest BCUT2D eigenvalue weighted by atomic mass is 10.2. The number of thiophene rings is 1. The fourth-order valence-electron chi connectivity index (χ4n) is 2.33. The third-order valence-electron chi connectivity index (χ3n) is 3.35. The van der Waals surface area contributed by atoms with Crippen LogP contribution in [0.4, 0.5) is 0 Å². The van der Waals surface area contributed by atoms with Crippen molar-refractivity contribution < 1.29 is 9.47 Å². The summed E-state index contributed by atoms with van der Waals surface area (Å²) < 4.78 is 12.5. The normalized spacial score (nSPS) is 13.1. The van der Waals surface area contributed by atoms with Crippen LogP contribution in [0.25, 0.3) is 26.2 Å². The zero-order chi connectivity index (χ0) is 14.5. The van der Waals surface area contributed by atoms with Gasteiger partial charge in [-0.25, -0.2) is 0 Å². The van der Waals surface area contributed by atoms with Gasteiger partial charge in [0, 0.05) is 5.56 Å². The van der Waals surface area contributed by atoms with Crippen LogP contribution in [0.15, 0.2) is 35.7 Å². The SMILES string of the molecule is c1csc(-c2nn3c(-c4ccc5c(c4)OCO5)nnc3s2)c1. The monoisotopic (exact) mass is 328 g/mol. The van der Waals surface area contributed by atoms with Crippen molar-refractivity contribution in [3.63, 3.8) is 0 Å². The van der Waals surface area contributed by atoms with Crippen LogP contribution in [-0.4, -0.2) is 26.6 Å². The highest BCUT2D eigenvalue weighted by atomic mass is 32.1. The minimum Gasteiger partial charge on any atom is -0.454 e. The maximum absolute atomic E-state index is 5.42.